The number of carbonyl (C=O) groups is 2. The number of nitrogens with zero attached hydrogens (tertiary/aromatic N) is 2. The van der Waals surface area contributed by atoms with Crippen molar-refractivity contribution in [3.63, 3.8) is 0 Å². The van der Waals surface area contributed by atoms with E-state index in [1.165, 1.54) is 64.2 Å². The number of hydrogen-bond donors (Lipinski definition) is 0. The quantitative estimate of drug-likeness (QED) is 0.0829. The van der Waals surface area contributed by atoms with Crippen molar-refractivity contribution in [2.75, 3.05) is 39.4 Å². The van der Waals surface area contributed by atoms with Crippen LogP contribution in [0.4, 0.5) is 0 Å². The van der Waals surface area contributed by atoms with E-state index in [4.69, 9.17) is 14.3 Å². The summed E-state index contributed by atoms with van der Waals surface area (Å²) in [5.74, 6) is 0.161. The summed E-state index contributed by atoms with van der Waals surface area (Å²) in [7, 11) is 0. The maximum Gasteiger partial charge on any atom is 0.325 e. The van der Waals surface area contributed by atoms with Crippen molar-refractivity contribution in [3.05, 3.63) is 0 Å². The van der Waals surface area contributed by atoms with Gasteiger partial charge in [0.1, 0.15) is 0 Å². The Morgan fingerprint density at radius 3 is 1.27 bits per heavy atom. The molecule has 0 aromatic heterocycles. The van der Waals surface area contributed by atoms with Gasteiger partial charge in [0.05, 0.1) is 12.2 Å². The summed E-state index contributed by atoms with van der Waals surface area (Å²) in [6.07, 6.45) is 22.6. The Hall–Kier alpha value is -1.18. The van der Waals surface area contributed by atoms with Crippen LogP contribution in [0.3, 0.4) is 0 Å². The van der Waals surface area contributed by atoms with Gasteiger partial charge >= 0.3 is 5.97 Å². The number of amides is 1. The lowest BCUT2D eigenvalue weighted by atomic mass is 9.68. The van der Waals surface area contributed by atoms with E-state index in [1.54, 1.807) is 0 Å². The zero-order valence-corrected chi connectivity index (χ0v) is 35.5. The molecule has 0 saturated carbocycles. The van der Waals surface area contributed by atoms with E-state index >= 15 is 0 Å². The van der Waals surface area contributed by atoms with E-state index in [9.17, 15) is 9.59 Å². The number of unbranched alkanes of at least 4 members (excludes halogenated alkanes) is 15. The third-order valence-corrected chi connectivity index (χ3v) is 11.4. The first-order valence-corrected chi connectivity index (χ1v) is 21.5. The van der Waals surface area contributed by atoms with E-state index < -0.39 is 0 Å². The van der Waals surface area contributed by atoms with Gasteiger partial charge in [-0.2, -0.15) is 0 Å². The SMILES string of the molecule is CCCCCCCCOC1C(C)(C)CN(OC(=O)CCCCCCCCC(=O)N2CC(C)(C)C(OCCCCCCCC)C(C)(C)C2)CC1(C)C. The Morgan fingerprint density at radius 2 is 0.843 bits per heavy atom. The number of carbonyl (C=O) groups excluding carboxylic acids is 2. The Kier molecular flexibility index (Phi) is 20.6. The van der Waals surface area contributed by atoms with Gasteiger partial charge < -0.3 is 19.2 Å². The number of piperidine rings is 2. The van der Waals surface area contributed by atoms with Crippen LogP contribution in [0.15, 0.2) is 0 Å². The maximum absolute atomic E-state index is 13.3. The van der Waals surface area contributed by atoms with Crippen LogP contribution in [0.1, 0.15) is 198 Å². The van der Waals surface area contributed by atoms with Crippen molar-refractivity contribution in [2.45, 2.75) is 210 Å². The van der Waals surface area contributed by atoms with Crippen LogP contribution < -0.4 is 0 Å². The minimum absolute atomic E-state index is 0.0645. The standard InChI is InChI=1S/C44H84N2O5/c1-11-13-15-17-23-27-31-49-39-41(3,4)33-45(34-42(39,5)6)37(47)29-25-21-19-20-22-26-30-38(48)51-46-35-43(7,8)40(44(9,10)36-46)50-32-28-24-18-16-14-12-2/h39-40H,11-36H2,1-10H3. The second-order valence-corrected chi connectivity index (χ2v) is 19.1. The second kappa shape index (κ2) is 22.9. The monoisotopic (exact) mass is 721 g/mol. The first-order chi connectivity index (χ1) is 24.1. The average Bonchev–Trinajstić information content (AvgIpc) is 3.02. The minimum Gasteiger partial charge on any atom is -0.377 e. The molecule has 1 amide bonds. The van der Waals surface area contributed by atoms with Gasteiger partial charge in [-0.25, -0.2) is 0 Å². The molecule has 0 N–H and O–H groups in total. The molecular formula is C44H84N2O5. The van der Waals surface area contributed by atoms with Gasteiger partial charge in [0.2, 0.25) is 5.91 Å². The van der Waals surface area contributed by atoms with Gasteiger partial charge in [-0.05, 0) is 25.7 Å². The van der Waals surface area contributed by atoms with E-state index in [1.807, 2.05) is 5.06 Å². The molecule has 2 saturated heterocycles. The molecule has 0 bridgehead atoms. The van der Waals surface area contributed by atoms with Crippen LogP contribution >= 0.6 is 0 Å². The predicted molar refractivity (Wildman–Crippen MR) is 213 cm³/mol. The molecule has 2 rings (SSSR count). The van der Waals surface area contributed by atoms with Gasteiger partial charge in [-0.3, -0.25) is 9.59 Å². The van der Waals surface area contributed by atoms with Crippen molar-refractivity contribution in [3.8, 4) is 0 Å². The van der Waals surface area contributed by atoms with Gasteiger partial charge in [-0.15, -0.1) is 5.06 Å². The molecule has 2 aliphatic rings. The lowest BCUT2D eigenvalue weighted by Gasteiger charge is -2.53. The number of rotatable bonds is 26. The molecular weight excluding hydrogens is 636 g/mol. The normalized spacial score (nSPS) is 20.5. The number of likely N-dealkylation sites (tertiary alicyclic amines) is 1. The van der Waals surface area contributed by atoms with Crippen LogP contribution in [0, 0.1) is 21.7 Å². The number of hydroxylamine groups is 2. The fourth-order valence-corrected chi connectivity index (χ4v) is 9.36. The molecule has 7 nitrogen and oxygen atoms in total. The molecule has 0 unspecified atom stereocenters. The lowest BCUT2D eigenvalue weighted by Crippen LogP contribution is -2.60. The van der Waals surface area contributed by atoms with Crippen LogP contribution in [0.5, 0.6) is 0 Å². The first kappa shape index (κ1) is 46.0. The number of hydrogen-bond acceptors (Lipinski definition) is 6. The second-order valence-electron chi connectivity index (χ2n) is 19.1. The zero-order valence-electron chi connectivity index (χ0n) is 35.5. The summed E-state index contributed by atoms with van der Waals surface area (Å²) >= 11 is 0. The van der Waals surface area contributed by atoms with Gasteiger partial charge in [0, 0.05) is 73.9 Å². The zero-order chi connectivity index (χ0) is 38.0. The molecule has 0 aromatic rings. The molecule has 0 aromatic carbocycles. The molecule has 2 fully saturated rings. The fourth-order valence-electron chi connectivity index (χ4n) is 9.36. The lowest BCUT2D eigenvalue weighted by molar-refractivity contribution is -0.244. The Morgan fingerprint density at radius 1 is 0.490 bits per heavy atom. The number of ether oxygens (including phenoxy) is 2. The summed E-state index contributed by atoms with van der Waals surface area (Å²) in [6, 6.07) is 0. The maximum atomic E-state index is 13.3. The van der Waals surface area contributed by atoms with E-state index in [-0.39, 0.29) is 45.7 Å². The van der Waals surface area contributed by atoms with Crippen LogP contribution in [-0.4, -0.2) is 73.4 Å². The smallest absolute Gasteiger partial charge is 0.325 e. The molecule has 0 radical (unpaired) electrons. The minimum atomic E-state index is -0.124. The molecule has 300 valence electrons. The highest BCUT2D eigenvalue weighted by Crippen LogP contribution is 2.44. The Balaban J connectivity index is 1.60. The summed E-state index contributed by atoms with van der Waals surface area (Å²) in [5, 5.41) is 1.89. The van der Waals surface area contributed by atoms with E-state index in [0.717, 1.165) is 77.7 Å². The van der Waals surface area contributed by atoms with Crippen molar-refractivity contribution >= 4 is 11.9 Å². The summed E-state index contributed by atoms with van der Waals surface area (Å²) < 4.78 is 13.0. The fraction of sp³-hybridized carbons (Fsp3) is 0.955. The third-order valence-electron chi connectivity index (χ3n) is 11.4. The topological polar surface area (TPSA) is 68.3 Å². The van der Waals surface area contributed by atoms with Gasteiger partial charge in [0.25, 0.3) is 0 Å². The van der Waals surface area contributed by atoms with Crippen LogP contribution in [-0.2, 0) is 23.9 Å². The van der Waals surface area contributed by atoms with E-state index in [0.29, 0.717) is 25.9 Å². The van der Waals surface area contributed by atoms with E-state index in [2.05, 4.69) is 74.1 Å². The van der Waals surface area contributed by atoms with Crippen molar-refractivity contribution in [1.82, 2.24) is 9.96 Å². The molecule has 51 heavy (non-hydrogen) atoms. The highest BCUT2D eigenvalue weighted by atomic mass is 16.7. The Labute approximate surface area is 316 Å². The van der Waals surface area contributed by atoms with Crippen LogP contribution in [0.2, 0.25) is 0 Å². The van der Waals surface area contributed by atoms with Crippen LogP contribution in [0.25, 0.3) is 0 Å². The molecule has 0 spiro atoms. The van der Waals surface area contributed by atoms with Crippen molar-refractivity contribution < 1.29 is 23.9 Å². The summed E-state index contributed by atoms with van der Waals surface area (Å²) in [6.45, 7) is 27.1. The molecule has 0 atom stereocenters. The highest BCUT2D eigenvalue weighted by Gasteiger charge is 2.50. The molecule has 2 aliphatic heterocycles. The largest absolute Gasteiger partial charge is 0.377 e. The summed E-state index contributed by atoms with van der Waals surface area (Å²) in [5.41, 5.74) is -0.332. The van der Waals surface area contributed by atoms with Crippen molar-refractivity contribution in [1.29, 1.82) is 0 Å². The van der Waals surface area contributed by atoms with Gasteiger partial charge in [-0.1, -0.05) is 159 Å². The predicted octanol–water partition coefficient (Wildman–Crippen LogP) is 11.3. The average molecular weight is 721 g/mol. The molecule has 2 heterocycles. The molecule has 7 heteroatoms. The first-order valence-electron chi connectivity index (χ1n) is 21.5. The highest BCUT2D eigenvalue weighted by molar-refractivity contribution is 5.76. The third kappa shape index (κ3) is 16.8. The van der Waals surface area contributed by atoms with Gasteiger partial charge in [0.15, 0.2) is 0 Å². The van der Waals surface area contributed by atoms with Crippen molar-refractivity contribution in [2.24, 2.45) is 21.7 Å². The molecule has 0 aliphatic carbocycles. The Bertz CT molecular complexity index is 941. The summed E-state index contributed by atoms with van der Waals surface area (Å²) in [4.78, 5) is 34.0.